The van der Waals surface area contributed by atoms with Crippen LogP contribution in [0.5, 0.6) is 0 Å². The zero-order chi connectivity index (χ0) is 14.8. The number of rotatable bonds is 7. The minimum atomic E-state index is 0.152. The van der Waals surface area contributed by atoms with Crippen molar-refractivity contribution in [2.45, 2.75) is 50.9 Å². The van der Waals surface area contributed by atoms with Gasteiger partial charge in [0.15, 0.2) is 0 Å². The quantitative estimate of drug-likeness (QED) is 0.776. The molecule has 2 atom stereocenters. The molecule has 2 N–H and O–H groups in total. The lowest BCUT2D eigenvalue weighted by molar-refractivity contribution is 0.153. The van der Waals surface area contributed by atoms with Gasteiger partial charge in [0.2, 0.25) is 0 Å². The van der Waals surface area contributed by atoms with Gasteiger partial charge in [-0.2, -0.15) is 11.3 Å². The van der Waals surface area contributed by atoms with E-state index in [4.69, 9.17) is 17.3 Å². The van der Waals surface area contributed by atoms with E-state index in [0.717, 1.165) is 17.3 Å². The molecule has 0 amide bonds. The molecule has 0 saturated heterocycles. The third kappa shape index (κ3) is 3.69. The Labute approximate surface area is 139 Å². The molecule has 2 heterocycles. The van der Waals surface area contributed by atoms with Crippen LogP contribution in [0.2, 0.25) is 4.34 Å². The second kappa shape index (κ2) is 6.80. The maximum atomic E-state index is 6.48. The van der Waals surface area contributed by atoms with Crippen LogP contribution >= 0.6 is 34.3 Å². The Balaban J connectivity index is 1.88. The summed E-state index contributed by atoms with van der Waals surface area (Å²) in [7, 11) is 0. The lowest BCUT2D eigenvalue weighted by Gasteiger charge is -2.35. The van der Waals surface area contributed by atoms with Crippen molar-refractivity contribution in [2.24, 2.45) is 5.73 Å². The molecule has 0 spiro atoms. The van der Waals surface area contributed by atoms with Gasteiger partial charge < -0.3 is 5.73 Å². The Morgan fingerprint density at radius 2 is 2.19 bits per heavy atom. The van der Waals surface area contributed by atoms with Gasteiger partial charge in [-0.1, -0.05) is 18.5 Å². The van der Waals surface area contributed by atoms with Crippen LogP contribution < -0.4 is 5.73 Å². The number of nitrogens with two attached hydrogens (primary N) is 1. The molecule has 1 saturated carbocycles. The van der Waals surface area contributed by atoms with Crippen LogP contribution in [0.15, 0.2) is 29.0 Å². The molecule has 2 nitrogen and oxygen atoms in total. The monoisotopic (exact) mass is 340 g/mol. The maximum absolute atomic E-state index is 6.48. The molecule has 3 rings (SSSR count). The summed E-state index contributed by atoms with van der Waals surface area (Å²) < 4.78 is 0.851. The van der Waals surface area contributed by atoms with Crippen molar-refractivity contribution in [3.05, 3.63) is 43.7 Å². The van der Waals surface area contributed by atoms with Gasteiger partial charge in [0.05, 0.1) is 10.4 Å². The molecule has 1 fully saturated rings. The number of halogens is 1. The van der Waals surface area contributed by atoms with E-state index in [0.29, 0.717) is 6.04 Å². The number of hydrogen-bond donors (Lipinski definition) is 1. The first kappa shape index (κ1) is 15.5. The molecule has 0 bridgehead atoms. The van der Waals surface area contributed by atoms with Crippen LogP contribution in [0.1, 0.15) is 42.7 Å². The molecule has 114 valence electrons. The molecule has 0 radical (unpaired) electrons. The first-order valence-corrected chi connectivity index (χ1v) is 9.60. The SMILES string of the molecule is CCC(N)C(c1ccc(Cl)s1)N(Cc1ccsc1)C1CC1. The van der Waals surface area contributed by atoms with E-state index in [1.807, 2.05) is 6.07 Å². The first-order chi connectivity index (χ1) is 10.2. The summed E-state index contributed by atoms with van der Waals surface area (Å²) in [6.45, 7) is 3.16. The molecule has 0 aliphatic heterocycles. The van der Waals surface area contributed by atoms with Crippen molar-refractivity contribution in [1.29, 1.82) is 0 Å². The Morgan fingerprint density at radius 3 is 2.71 bits per heavy atom. The van der Waals surface area contributed by atoms with Crippen molar-refractivity contribution < 1.29 is 0 Å². The van der Waals surface area contributed by atoms with Crippen LogP contribution in [0.25, 0.3) is 0 Å². The van der Waals surface area contributed by atoms with E-state index < -0.39 is 0 Å². The highest BCUT2D eigenvalue weighted by Crippen LogP contribution is 2.40. The van der Waals surface area contributed by atoms with Crippen molar-refractivity contribution in [3.63, 3.8) is 0 Å². The van der Waals surface area contributed by atoms with E-state index in [-0.39, 0.29) is 12.1 Å². The van der Waals surface area contributed by atoms with E-state index in [2.05, 4.69) is 34.7 Å². The molecule has 2 unspecified atom stereocenters. The van der Waals surface area contributed by atoms with Gasteiger partial charge in [0, 0.05) is 23.5 Å². The number of hydrogen-bond acceptors (Lipinski definition) is 4. The summed E-state index contributed by atoms with van der Waals surface area (Å²) in [5.74, 6) is 0. The number of thiophene rings is 2. The van der Waals surface area contributed by atoms with Crippen molar-refractivity contribution in [3.8, 4) is 0 Å². The van der Waals surface area contributed by atoms with Gasteiger partial charge in [-0.05, 0) is 53.8 Å². The zero-order valence-electron chi connectivity index (χ0n) is 12.2. The van der Waals surface area contributed by atoms with E-state index >= 15 is 0 Å². The number of nitrogens with zero attached hydrogens (tertiary/aromatic N) is 1. The third-order valence-electron chi connectivity index (χ3n) is 4.08. The molecule has 5 heteroatoms. The lowest BCUT2D eigenvalue weighted by atomic mass is 10.0. The Hall–Kier alpha value is -0.390. The minimum Gasteiger partial charge on any atom is -0.326 e. The average molecular weight is 341 g/mol. The van der Waals surface area contributed by atoms with Crippen LogP contribution in [-0.4, -0.2) is 17.0 Å². The molecule has 2 aromatic heterocycles. The van der Waals surface area contributed by atoms with Gasteiger partial charge in [0.25, 0.3) is 0 Å². The van der Waals surface area contributed by atoms with Crippen LogP contribution in [0, 0.1) is 0 Å². The molecule has 21 heavy (non-hydrogen) atoms. The molecule has 2 aromatic rings. The van der Waals surface area contributed by atoms with Gasteiger partial charge in [-0.3, -0.25) is 4.90 Å². The smallest absolute Gasteiger partial charge is 0.0931 e. The highest BCUT2D eigenvalue weighted by Gasteiger charge is 2.37. The first-order valence-electron chi connectivity index (χ1n) is 7.46. The maximum Gasteiger partial charge on any atom is 0.0931 e. The fourth-order valence-corrected chi connectivity index (χ4v) is 4.70. The average Bonchev–Trinajstić information content (AvgIpc) is 3.03. The standard InChI is InChI=1S/C16H21ClN2S2/c1-2-13(18)16(14-5-6-15(17)21-14)19(12-3-4-12)9-11-7-8-20-10-11/h5-8,10,12-13,16H,2-4,9,18H2,1H3. The molecular weight excluding hydrogens is 320 g/mol. The minimum absolute atomic E-state index is 0.152. The second-order valence-corrected chi connectivity index (χ2v) is 8.22. The fourth-order valence-electron chi connectivity index (χ4n) is 2.79. The van der Waals surface area contributed by atoms with Crippen LogP contribution in [-0.2, 0) is 6.54 Å². The van der Waals surface area contributed by atoms with Crippen LogP contribution in [0.3, 0.4) is 0 Å². The molecular formula is C16H21ClN2S2. The fraction of sp³-hybridized carbons (Fsp3) is 0.500. The van der Waals surface area contributed by atoms with E-state index in [1.165, 1.54) is 23.3 Å². The summed E-state index contributed by atoms with van der Waals surface area (Å²) in [6, 6.07) is 7.46. The topological polar surface area (TPSA) is 29.3 Å². The Bertz CT molecular complexity index is 563. The second-order valence-electron chi connectivity index (χ2n) is 5.69. The van der Waals surface area contributed by atoms with E-state index in [1.54, 1.807) is 22.7 Å². The Kier molecular flexibility index (Phi) is 5.02. The normalized spacial score (nSPS) is 18.1. The largest absolute Gasteiger partial charge is 0.326 e. The van der Waals surface area contributed by atoms with Crippen LogP contribution in [0.4, 0.5) is 0 Å². The summed E-state index contributed by atoms with van der Waals surface area (Å²) in [5.41, 5.74) is 7.87. The highest BCUT2D eigenvalue weighted by molar-refractivity contribution is 7.16. The van der Waals surface area contributed by atoms with Gasteiger partial charge in [-0.25, -0.2) is 0 Å². The molecule has 0 aromatic carbocycles. The van der Waals surface area contributed by atoms with Gasteiger partial charge in [0.1, 0.15) is 0 Å². The predicted octanol–water partition coefficient (Wildman–Crippen LogP) is 4.91. The lowest BCUT2D eigenvalue weighted by Crippen LogP contribution is -2.41. The summed E-state index contributed by atoms with van der Waals surface area (Å²) in [6.07, 6.45) is 3.55. The highest BCUT2D eigenvalue weighted by atomic mass is 35.5. The molecule has 1 aliphatic rings. The summed E-state index contributed by atoms with van der Waals surface area (Å²) >= 11 is 9.59. The Morgan fingerprint density at radius 1 is 1.38 bits per heavy atom. The van der Waals surface area contributed by atoms with Crippen molar-refractivity contribution >= 4 is 34.3 Å². The molecule has 1 aliphatic carbocycles. The van der Waals surface area contributed by atoms with Crippen molar-refractivity contribution in [2.75, 3.05) is 0 Å². The van der Waals surface area contributed by atoms with Crippen molar-refractivity contribution in [1.82, 2.24) is 4.90 Å². The van der Waals surface area contributed by atoms with Gasteiger partial charge in [-0.15, -0.1) is 11.3 Å². The third-order valence-corrected chi connectivity index (χ3v) is 6.11. The van der Waals surface area contributed by atoms with E-state index in [9.17, 15) is 0 Å². The van der Waals surface area contributed by atoms with Gasteiger partial charge >= 0.3 is 0 Å². The predicted molar refractivity (Wildman–Crippen MR) is 93.2 cm³/mol. The summed E-state index contributed by atoms with van der Waals surface area (Å²) in [5, 5.41) is 4.39. The zero-order valence-corrected chi connectivity index (χ0v) is 14.6. The summed E-state index contributed by atoms with van der Waals surface area (Å²) in [4.78, 5) is 3.90.